The molecule has 0 aliphatic heterocycles. The number of hydrogen-bond donors (Lipinski definition) is 0. The van der Waals surface area contributed by atoms with Crippen molar-refractivity contribution < 1.29 is 4.79 Å². The van der Waals surface area contributed by atoms with Crippen LogP contribution in [0.15, 0.2) is 0 Å². The molecule has 1 aliphatic rings. The fraction of sp³-hybridized carbons (Fsp3) is 0.900. The normalized spacial score (nSPS) is 20.4. The molecule has 0 unspecified atom stereocenters. The van der Waals surface area contributed by atoms with E-state index < -0.39 is 0 Å². The van der Waals surface area contributed by atoms with E-state index in [1.807, 2.05) is 0 Å². The van der Waals surface area contributed by atoms with E-state index in [4.69, 9.17) is 0 Å². The molecule has 0 heterocycles. The predicted octanol–water partition coefficient (Wildman–Crippen LogP) is 2.79. The van der Waals surface area contributed by atoms with Crippen LogP contribution in [0.1, 0.15) is 46.5 Å². The van der Waals surface area contributed by atoms with Crippen LogP contribution in [0.4, 0.5) is 0 Å². The van der Waals surface area contributed by atoms with Crippen LogP contribution in [-0.2, 0) is 4.79 Å². The van der Waals surface area contributed by atoms with Gasteiger partial charge in [-0.1, -0.05) is 20.8 Å². The number of Topliss-reactive ketones (excluding diaryl/α,β-unsaturated/α-hetero) is 1. The number of hydrogen-bond acceptors (Lipinski definition) is 1. The SMILES string of the molecule is CCCC(=O)C1(C(C)C)CC1. The molecule has 0 aromatic carbocycles. The lowest BCUT2D eigenvalue weighted by atomic mass is 9.86. The molecule has 0 spiro atoms. The molecule has 1 saturated carbocycles. The van der Waals surface area contributed by atoms with Gasteiger partial charge >= 0.3 is 0 Å². The molecule has 1 rings (SSSR count). The van der Waals surface area contributed by atoms with Crippen LogP contribution in [0.25, 0.3) is 0 Å². The highest BCUT2D eigenvalue weighted by Crippen LogP contribution is 2.53. The molecule has 0 radical (unpaired) electrons. The Balaban J connectivity index is 2.51. The average Bonchev–Trinajstić information content (AvgIpc) is 2.66. The molecule has 1 aliphatic carbocycles. The number of carbonyl (C=O) groups excluding carboxylic acids is 1. The van der Waals surface area contributed by atoms with E-state index in [1.54, 1.807) is 0 Å². The van der Waals surface area contributed by atoms with Crippen LogP contribution in [0.5, 0.6) is 0 Å². The van der Waals surface area contributed by atoms with E-state index in [0.29, 0.717) is 11.7 Å². The van der Waals surface area contributed by atoms with Crippen LogP contribution in [-0.4, -0.2) is 5.78 Å². The fourth-order valence-corrected chi connectivity index (χ4v) is 1.79. The minimum Gasteiger partial charge on any atom is -0.299 e. The van der Waals surface area contributed by atoms with Crippen molar-refractivity contribution >= 4 is 5.78 Å². The third kappa shape index (κ3) is 1.47. The van der Waals surface area contributed by atoms with Crippen LogP contribution < -0.4 is 0 Å². The van der Waals surface area contributed by atoms with Crippen LogP contribution in [0.3, 0.4) is 0 Å². The summed E-state index contributed by atoms with van der Waals surface area (Å²) in [5.74, 6) is 1.07. The molecule has 0 saturated heterocycles. The fourth-order valence-electron chi connectivity index (χ4n) is 1.79. The van der Waals surface area contributed by atoms with Gasteiger partial charge in [0.2, 0.25) is 0 Å². The highest BCUT2D eigenvalue weighted by atomic mass is 16.1. The van der Waals surface area contributed by atoms with Crippen molar-refractivity contribution in [3.8, 4) is 0 Å². The van der Waals surface area contributed by atoms with Gasteiger partial charge in [-0.3, -0.25) is 4.79 Å². The molecule has 1 heteroatoms. The summed E-state index contributed by atoms with van der Waals surface area (Å²) < 4.78 is 0. The predicted molar refractivity (Wildman–Crippen MR) is 46.4 cm³/mol. The molecular formula is C10H18O. The molecule has 0 aromatic heterocycles. The Hall–Kier alpha value is -0.330. The minimum absolute atomic E-state index is 0.121. The van der Waals surface area contributed by atoms with E-state index in [9.17, 15) is 4.79 Å². The van der Waals surface area contributed by atoms with Crippen LogP contribution in [0.2, 0.25) is 0 Å². The molecule has 11 heavy (non-hydrogen) atoms. The van der Waals surface area contributed by atoms with E-state index in [2.05, 4.69) is 20.8 Å². The first-order valence-corrected chi connectivity index (χ1v) is 4.67. The van der Waals surface area contributed by atoms with E-state index in [1.165, 1.54) is 0 Å². The summed E-state index contributed by atoms with van der Waals surface area (Å²) in [5, 5.41) is 0. The Kier molecular flexibility index (Phi) is 2.36. The lowest BCUT2D eigenvalue weighted by Crippen LogP contribution is -2.21. The van der Waals surface area contributed by atoms with Gasteiger partial charge in [-0.15, -0.1) is 0 Å². The van der Waals surface area contributed by atoms with Gasteiger partial charge in [0.25, 0.3) is 0 Å². The molecule has 64 valence electrons. The van der Waals surface area contributed by atoms with Crippen LogP contribution >= 0.6 is 0 Å². The third-order valence-corrected chi connectivity index (χ3v) is 2.93. The zero-order valence-corrected chi connectivity index (χ0v) is 7.81. The molecule has 1 fully saturated rings. The largest absolute Gasteiger partial charge is 0.299 e. The molecule has 0 atom stereocenters. The maximum absolute atomic E-state index is 11.6. The molecule has 1 nitrogen and oxygen atoms in total. The smallest absolute Gasteiger partial charge is 0.139 e. The first-order chi connectivity index (χ1) is 5.13. The summed E-state index contributed by atoms with van der Waals surface area (Å²) in [4.78, 5) is 11.6. The van der Waals surface area contributed by atoms with E-state index >= 15 is 0 Å². The summed E-state index contributed by atoms with van der Waals surface area (Å²) >= 11 is 0. The maximum Gasteiger partial charge on any atom is 0.139 e. The van der Waals surface area contributed by atoms with Gasteiger partial charge in [0.15, 0.2) is 0 Å². The molecule has 0 amide bonds. The summed E-state index contributed by atoms with van der Waals surface area (Å²) in [5.41, 5.74) is 0.121. The van der Waals surface area contributed by atoms with Crippen molar-refractivity contribution in [3.05, 3.63) is 0 Å². The average molecular weight is 154 g/mol. The van der Waals surface area contributed by atoms with Gasteiger partial charge in [0.05, 0.1) is 0 Å². The number of ketones is 1. The first-order valence-electron chi connectivity index (χ1n) is 4.67. The van der Waals surface area contributed by atoms with Crippen molar-refractivity contribution in [1.82, 2.24) is 0 Å². The molecule has 0 bridgehead atoms. The first kappa shape index (κ1) is 8.76. The quantitative estimate of drug-likeness (QED) is 0.608. The third-order valence-electron chi connectivity index (χ3n) is 2.93. The Morgan fingerprint density at radius 1 is 1.45 bits per heavy atom. The Morgan fingerprint density at radius 3 is 2.27 bits per heavy atom. The van der Waals surface area contributed by atoms with E-state index in [0.717, 1.165) is 25.7 Å². The van der Waals surface area contributed by atoms with Crippen molar-refractivity contribution in [2.45, 2.75) is 46.5 Å². The van der Waals surface area contributed by atoms with Crippen molar-refractivity contribution in [3.63, 3.8) is 0 Å². The van der Waals surface area contributed by atoms with Gasteiger partial charge in [0, 0.05) is 11.8 Å². The van der Waals surface area contributed by atoms with Gasteiger partial charge in [-0.2, -0.15) is 0 Å². The lowest BCUT2D eigenvalue weighted by Gasteiger charge is -2.17. The molecular weight excluding hydrogens is 136 g/mol. The summed E-state index contributed by atoms with van der Waals surface area (Å²) in [7, 11) is 0. The van der Waals surface area contributed by atoms with Gasteiger partial charge in [-0.25, -0.2) is 0 Å². The molecule has 0 aromatic rings. The highest BCUT2D eigenvalue weighted by Gasteiger charge is 2.50. The van der Waals surface area contributed by atoms with Gasteiger partial charge < -0.3 is 0 Å². The maximum atomic E-state index is 11.6. The number of rotatable bonds is 4. The van der Waals surface area contributed by atoms with E-state index in [-0.39, 0.29) is 5.41 Å². The Labute approximate surface area is 69.2 Å². The topological polar surface area (TPSA) is 17.1 Å². The van der Waals surface area contributed by atoms with Gasteiger partial charge in [-0.05, 0) is 25.2 Å². The summed E-state index contributed by atoms with van der Waals surface area (Å²) in [6.45, 7) is 6.41. The summed E-state index contributed by atoms with van der Waals surface area (Å²) in [6.07, 6.45) is 4.08. The second-order valence-corrected chi connectivity index (χ2v) is 3.98. The second kappa shape index (κ2) is 2.96. The second-order valence-electron chi connectivity index (χ2n) is 3.98. The Bertz CT molecular complexity index is 154. The zero-order chi connectivity index (χ0) is 8.48. The van der Waals surface area contributed by atoms with Crippen molar-refractivity contribution in [2.24, 2.45) is 11.3 Å². The standard InChI is InChI=1S/C10H18O/c1-4-5-9(11)10(6-7-10)8(2)3/h8H,4-7H2,1-3H3. The number of carbonyl (C=O) groups is 1. The zero-order valence-electron chi connectivity index (χ0n) is 7.81. The van der Waals surface area contributed by atoms with Crippen molar-refractivity contribution in [2.75, 3.05) is 0 Å². The molecule has 0 N–H and O–H groups in total. The lowest BCUT2D eigenvalue weighted by molar-refractivity contribution is -0.125. The Morgan fingerprint density at radius 2 is 2.00 bits per heavy atom. The van der Waals surface area contributed by atoms with Crippen LogP contribution in [0, 0.1) is 11.3 Å². The summed E-state index contributed by atoms with van der Waals surface area (Å²) in [6, 6.07) is 0. The highest BCUT2D eigenvalue weighted by molar-refractivity contribution is 5.87. The minimum atomic E-state index is 0.121. The van der Waals surface area contributed by atoms with Crippen molar-refractivity contribution in [1.29, 1.82) is 0 Å². The monoisotopic (exact) mass is 154 g/mol. The van der Waals surface area contributed by atoms with Gasteiger partial charge in [0.1, 0.15) is 5.78 Å².